The van der Waals surface area contributed by atoms with Crippen molar-refractivity contribution in [2.45, 2.75) is 31.7 Å². The van der Waals surface area contributed by atoms with Crippen LogP contribution >= 0.6 is 0 Å². The van der Waals surface area contributed by atoms with Gasteiger partial charge in [0.05, 0.1) is 11.3 Å². The third-order valence-corrected chi connectivity index (χ3v) is 5.94. The minimum absolute atomic E-state index is 0.0211. The number of anilines is 1. The van der Waals surface area contributed by atoms with Gasteiger partial charge >= 0.3 is 12.1 Å². The number of carbonyl (C=O) groups excluding carboxylic acids is 2. The number of alkyl carbamates (subject to hydrolysis) is 1. The topological polar surface area (TPSA) is 105 Å². The number of hydrogen-bond acceptors (Lipinski definition) is 4. The molecule has 174 valence electrons. The van der Waals surface area contributed by atoms with Gasteiger partial charge in [-0.3, -0.25) is 4.79 Å². The van der Waals surface area contributed by atoms with Gasteiger partial charge in [-0.1, -0.05) is 74.0 Å². The zero-order valence-electron chi connectivity index (χ0n) is 18.8. The first-order valence-corrected chi connectivity index (χ1v) is 11.2. The highest BCUT2D eigenvalue weighted by atomic mass is 16.5. The van der Waals surface area contributed by atoms with Crippen LogP contribution in [0.25, 0.3) is 11.1 Å². The van der Waals surface area contributed by atoms with E-state index in [0.29, 0.717) is 12.8 Å². The molecule has 2 amide bonds. The van der Waals surface area contributed by atoms with E-state index in [9.17, 15) is 19.5 Å². The lowest BCUT2D eigenvalue weighted by Crippen LogP contribution is -2.44. The van der Waals surface area contributed by atoms with Gasteiger partial charge in [0, 0.05) is 5.92 Å². The molecule has 0 fully saturated rings. The molecule has 1 aliphatic rings. The Morgan fingerprint density at radius 1 is 0.912 bits per heavy atom. The molecule has 0 unspecified atom stereocenters. The lowest BCUT2D eigenvalue weighted by atomic mass is 9.98. The smallest absolute Gasteiger partial charge is 0.407 e. The van der Waals surface area contributed by atoms with Gasteiger partial charge < -0.3 is 20.5 Å². The van der Waals surface area contributed by atoms with E-state index in [1.807, 2.05) is 43.3 Å². The van der Waals surface area contributed by atoms with Crippen molar-refractivity contribution in [3.63, 3.8) is 0 Å². The third-order valence-electron chi connectivity index (χ3n) is 5.94. The second-order valence-electron chi connectivity index (χ2n) is 8.15. The summed E-state index contributed by atoms with van der Waals surface area (Å²) in [6, 6.07) is 21.4. The van der Waals surface area contributed by atoms with Crippen LogP contribution in [0.2, 0.25) is 0 Å². The van der Waals surface area contributed by atoms with Gasteiger partial charge in [0.2, 0.25) is 5.91 Å². The number of carbonyl (C=O) groups is 3. The SMILES string of the molecule is CCC[C@H](NC(=O)OCC1c2ccccc2-c2ccccc21)C(=O)Nc1ccccc1C(=O)O. The van der Waals surface area contributed by atoms with Crippen molar-refractivity contribution in [3.8, 4) is 11.1 Å². The van der Waals surface area contributed by atoms with Gasteiger partial charge in [-0.25, -0.2) is 9.59 Å². The lowest BCUT2D eigenvalue weighted by molar-refractivity contribution is -0.118. The van der Waals surface area contributed by atoms with E-state index in [0.717, 1.165) is 22.3 Å². The molecule has 4 rings (SSSR count). The number of nitrogens with one attached hydrogen (secondary N) is 2. The first-order chi connectivity index (χ1) is 16.5. The Kier molecular flexibility index (Phi) is 6.92. The number of ether oxygens (including phenoxy) is 1. The largest absolute Gasteiger partial charge is 0.478 e. The van der Waals surface area contributed by atoms with Crippen molar-refractivity contribution in [2.75, 3.05) is 11.9 Å². The van der Waals surface area contributed by atoms with E-state index in [1.165, 1.54) is 12.1 Å². The van der Waals surface area contributed by atoms with Gasteiger partial charge in [0.25, 0.3) is 0 Å². The van der Waals surface area contributed by atoms with Gasteiger partial charge in [0.15, 0.2) is 0 Å². The Labute approximate surface area is 197 Å². The molecule has 0 heterocycles. The summed E-state index contributed by atoms with van der Waals surface area (Å²) >= 11 is 0. The first kappa shape index (κ1) is 23.0. The van der Waals surface area contributed by atoms with Crippen LogP contribution in [-0.4, -0.2) is 35.7 Å². The van der Waals surface area contributed by atoms with Crippen molar-refractivity contribution < 1.29 is 24.2 Å². The molecule has 0 saturated carbocycles. The lowest BCUT2D eigenvalue weighted by Gasteiger charge is -2.20. The number of aromatic carboxylic acids is 1. The molecule has 3 N–H and O–H groups in total. The Morgan fingerprint density at radius 2 is 1.50 bits per heavy atom. The predicted octanol–water partition coefficient (Wildman–Crippen LogP) is 5.03. The van der Waals surface area contributed by atoms with Crippen LogP contribution in [-0.2, 0) is 9.53 Å². The Balaban J connectivity index is 1.42. The second-order valence-corrected chi connectivity index (χ2v) is 8.15. The van der Waals surface area contributed by atoms with E-state index >= 15 is 0 Å². The van der Waals surface area contributed by atoms with Crippen LogP contribution in [0.1, 0.15) is 47.2 Å². The summed E-state index contributed by atoms with van der Waals surface area (Å²) in [6.45, 7) is 2.03. The fourth-order valence-corrected chi connectivity index (χ4v) is 4.34. The molecule has 0 aromatic heterocycles. The zero-order chi connectivity index (χ0) is 24.1. The second kappa shape index (κ2) is 10.2. The number of carboxylic acids is 1. The molecule has 1 aliphatic carbocycles. The Hall–Kier alpha value is -4.13. The van der Waals surface area contributed by atoms with E-state index in [-0.39, 0.29) is 23.8 Å². The van der Waals surface area contributed by atoms with Crippen LogP contribution in [0, 0.1) is 0 Å². The van der Waals surface area contributed by atoms with Crippen molar-refractivity contribution in [1.29, 1.82) is 0 Å². The van der Waals surface area contributed by atoms with E-state index < -0.39 is 24.0 Å². The molecule has 0 radical (unpaired) electrons. The summed E-state index contributed by atoms with van der Waals surface area (Å²) in [7, 11) is 0. The Bertz CT molecular complexity index is 1180. The van der Waals surface area contributed by atoms with Crippen molar-refractivity contribution in [1.82, 2.24) is 5.32 Å². The van der Waals surface area contributed by atoms with Crippen molar-refractivity contribution in [3.05, 3.63) is 89.5 Å². The molecular formula is C27H26N2O5. The maximum atomic E-state index is 12.8. The number of benzene rings is 3. The van der Waals surface area contributed by atoms with Crippen LogP contribution < -0.4 is 10.6 Å². The molecule has 0 saturated heterocycles. The molecule has 0 bridgehead atoms. The maximum Gasteiger partial charge on any atom is 0.407 e. The molecule has 3 aromatic rings. The van der Waals surface area contributed by atoms with Crippen LogP contribution in [0.3, 0.4) is 0 Å². The third kappa shape index (κ3) is 4.78. The van der Waals surface area contributed by atoms with Gasteiger partial charge in [-0.05, 0) is 40.8 Å². The monoisotopic (exact) mass is 458 g/mol. The Morgan fingerprint density at radius 3 is 2.12 bits per heavy atom. The fraction of sp³-hybridized carbons (Fsp3) is 0.222. The number of rotatable bonds is 8. The number of para-hydroxylation sites is 1. The molecule has 7 nitrogen and oxygen atoms in total. The average molecular weight is 459 g/mol. The zero-order valence-corrected chi connectivity index (χ0v) is 18.8. The first-order valence-electron chi connectivity index (χ1n) is 11.2. The summed E-state index contributed by atoms with van der Waals surface area (Å²) in [5, 5.41) is 14.6. The summed E-state index contributed by atoms with van der Waals surface area (Å²) < 4.78 is 5.55. The summed E-state index contributed by atoms with van der Waals surface area (Å²) in [5.41, 5.74) is 4.62. The summed E-state index contributed by atoms with van der Waals surface area (Å²) in [4.78, 5) is 36.9. The predicted molar refractivity (Wildman–Crippen MR) is 129 cm³/mol. The van der Waals surface area contributed by atoms with Gasteiger partial charge in [-0.2, -0.15) is 0 Å². The summed E-state index contributed by atoms with van der Waals surface area (Å²) in [6.07, 6.45) is 0.329. The molecule has 0 spiro atoms. The highest BCUT2D eigenvalue weighted by Gasteiger charge is 2.30. The van der Waals surface area contributed by atoms with E-state index in [1.54, 1.807) is 12.1 Å². The quantitative estimate of drug-likeness (QED) is 0.439. The minimum atomic E-state index is -1.15. The molecule has 3 aromatic carbocycles. The molecular weight excluding hydrogens is 432 g/mol. The van der Waals surface area contributed by atoms with E-state index in [4.69, 9.17) is 4.74 Å². The number of fused-ring (bicyclic) bond motifs is 3. The number of carboxylic acid groups (broad SMARTS) is 1. The molecule has 0 aliphatic heterocycles. The van der Waals surface area contributed by atoms with Crippen molar-refractivity contribution in [2.24, 2.45) is 0 Å². The van der Waals surface area contributed by atoms with E-state index in [2.05, 4.69) is 22.8 Å². The molecule has 7 heteroatoms. The number of hydrogen-bond donors (Lipinski definition) is 3. The number of amides is 2. The molecule has 34 heavy (non-hydrogen) atoms. The standard InChI is InChI=1S/C27H26N2O5/c1-2-9-24(25(30)28-23-15-8-7-14-21(23)26(31)32)29-27(33)34-16-22-19-12-5-3-10-17(19)18-11-4-6-13-20(18)22/h3-8,10-15,22,24H,2,9,16H2,1H3,(H,28,30)(H,29,33)(H,31,32)/t24-/m0/s1. The normalized spacial score (nSPS) is 12.9. The van der Waals surface area contributed by atoms with Gasteiger partial charge in [0.1, 0.15) is 12.6 Å². The maximum absolute atomic E-state index is 12.8. The van der Waals surface area contributed by atoms with Gasteiger partial charge in [-0.15, -0.1) is 0 Å². The summed E-state index contributed by atoms with van der Waals surface area (Å²) in [5.74, 6) is -1.73. The molecule has 1 atom stereocenters. The minimum Gasteiger partial charge on any atom is -0.478 e. The van der Waals surface area contributed by atoms with Crippen molar-refractivity contribution >= 4 is 23.7 Å². The highest BCUT2D eigenvalue weighted by molar-refractivity contribution is 6.02. The average Bonchev–Trinajstić information content (AvgIpc) is 3.16. The fourth-order valence-electron chi connectivity index (χ4n) is 4.34. The highest BCUT2D eigenvalue weighted by Crippen LogP contribution is 2.44. The van der Waals surface area contributed by atoms with Crippen LogP contribution in [0.5, 0.6) is 0 Å². The van der Waals surface area contributed by atoms with Crippen LogP contribution in [0.4, 0.5) is 10.5 Å². The van der Waals surface area contributed by atoms with Crippen LogP contribution in [0.15, 0.2) is 72.8 Å².